The van der Waals surface area contributed by atoms with Crippen molar-refractivity contribution in [1.82, 2.24) is 14.7 Å². The molecule has 1 atom stereocenters. The van der Waals surface area contributed by atoms with Crippen molar-refractivity contribution in [3.63, 3.8) is 0 Å². The fourth-order valence-corrected chi connectivity index (χ4v) is 3.69. The van der Waals surface area contributed by atoms with Crippen LogP contribution in [0.25, 0.3) is 10.9 Å². The molecule has 2 aromatic carbocycles. The van der Waals surface area contributed by atoms with Crippen molar-refractivity contribution < 1.29 is 9.84 Å². The summed E-state index contributed by atoms with van der Waals surface area (Å²) in [6.07, 6.45) is 1.63. The normalized spacial score (nSPS) is 17.6. The Balaban J connectivity index is 1.42. The Labute approximate surface area is 164 Å². The van der Waals surface area contributed by atoms with Crippen LogP contribution in [0.4, 0.5) is 0 Å². The van der Waals surface area contributed by atoms with Crippen LogP contribution in [-0.2, 0) is 6.54 Å². The second-order valence-corrected chi connectivity index (χ2v) is 7.49. The Morgan fingerprint density at radius 2 is 1.96 bits per heavy atom. The number of para-hydroxylation sites is 1. The minimum Gasteiger partial charge on any atom is -0.476 e. The summed E-state index contributed by atoms with van der Waals surface area (Å²) in [5, 5.41) is 16.1. The molecule has 0 spiro atoms. The van der Waals surface area contributed by atoms with Crippen LogP contribution < -0.4 is 4.74 Å². The van der Waals surface area contributed by atoms with Gasteiger partial charge < -0.3 is 14.7 Å². The maximum atomic E-state index is 9.60. The number of benzene rings is 2. The molecule has 0 amide bonds. The van der Waals surface area contributed by atoms with E-state index in [-0.39, 0.29) is 6.10 Å². The highest BCUT2D eigenvalue weighted by Gasteiger charge is 2.19. The molecule has 3 aromatic rings. The Morgan fingerprint density at radius 3 is 2.74 bits per heavy atom. The number of ether oxygens (including phenoxy) is 1. The predicted molar refractivity (Wildman–Crippen MR) is 107 cm³/mol. The number of aliphatic hydroxyl groups is 1. The van der Waals surface area contributed by atoms with Crippen LogP contribution in [0, 0.1) is 0 Å². The lowest BCUT2D eigenvalue weighted by molar-refractivity contribution is 0.172. The number of rotatable bonds is 7. The Hall–Kier alpha value is -2.08. The zero-order valence-electron chi connectivity index (χ0n) is 15.2. The molecule has 4 rings (SSSR count). The van der Waals surface area contributed by atoms with Gasteiger partial charge in [-0.05, 0) is 42.7 Å². The molecule has 27 heavy (non-hydrogen) atoms. The first kappa shape index (κ1) is 18.3. The maximum absolute atomic E-state index is 9.60. The number of hydrogen-bond acceptors (Lipinski definition) is 4. The first-order valence-electron chi connectivity index (χ1n) is 9.42. The van der Waals surface area contributed by atoms with E-state index < -0.39 is 0 Å². The molecule has 0 saturated carbocycles. The summed E-state index contributed by atoms with van der Waals surface area (Å²) in [5.74, 6) is 0.682. The van der Waals surface area contributed by atoms with Crippen molar-refractivity contribution in [2.24, 2.45) is 0 Å². The lowest BCUT2D eigenvalue weighted by Crippen LogP contribution is -2.24. The Bertz CT molecular complexity index is 894. The molecule has 1 N–H and O–H groups in total. The summed E-state index contributed by atoms with van der Waals surface area (Å²) >= 11 is 5.98. The largest absolute Gasteiger partial charge is 0.476 e. The van der Waals surface area contributed by atoms with Gasteiger partial charge in [-0.3, -0.25) is 4.68 Å². The summed E-state index contributed by atoms with van der Waals surface area (Å²) in [5.41, 5.74) is 2.21. The molecule has 5 nitrogen and oxygen atoms in total. The number of β-amino-alcohol motifs (C(OH)–C–C–N with tert-alkyl or cyclic N) is 1. The highest BCUT2D eigenvalue weighted by molar-refractivity contribution is 6.30. The molecule has 6 heteroatoms. The zero-order chi connectivity index (χ0) is 18.6. The van der Waals surface area contributed by atoms with Crippen LogP contribution >= 0.6 is 11.6 Å². The number of halogens is 1. The Morgan fingerprint density at radius 1 is 1.15 bits per heavy atom. The summed E-state index contributed by atoms with van der Waals surface area (Å²) < 4.78 is 7.98. The summed E-state index contributed by atoms with van der Waals surface area (Å²) in [7, 11) is 0. The van der Waals surface area contributed by atoms with Crippen molar-refractivity contribution >= 4 is 22.5 Å². The molecule has 1 aliphatic rings. The van der Waals surface area contributed by atoms with Crippen LogP contribution in [-0.4, -0.2) is 52.1 Å². The molecule has 2 heterocycles. The van der Waals surface area contributed by atoms with Crippen molar-refractivity contribution in [3.8, 4) is 5.88 Å². The van der Waals surface area contributed by atoms with Crippen LogP contribution in [0.1, 0.15) is 18.4 Å². The van der Waals surface area contributed by atoms with Gasteiger partial charge in [-0.1, -0.05) is 35.9 Å². The molecule has 0 bridgehead atoms. The van der Waals surface area contributed by atoms with Crippen molar-refractivity contribution in [1.29, 1.82) is 0 Å². The second-order valence-electron chi connectivity index (χ2n) is 7.05. The third-order valence-electron chi connectivity index (χ3n) is 4.97. The van der Waals surface area contributed by atoms with E-state index in [0.717, 1.165) is 54.0 Å². The van der Waals surface area contributed by atoms with Crippen molar-refractivity contribution in [3.05, 3.63) is 59.1 Å². The maximum Gasteiger partial charge on any atom is 0.240 e. The van der Waals surface area contributed by atoms with Crippen molar-refractivity contribution in [2.75, 3.05) is 26.2 Å². The molecule has 0 unspecified atom stereocenters. The first-order chi connectivity index (χ1) is 13.2. The van der Waals surface area contributed by atoms with E-state index >= 15 is 0 Å². The fraction of sp³-hybridized carbons (Fsp3) is 0.381. The van der Waals surface area contributed by atoms with Gasteiger partial charge in [0.05, 0.1) is 30.2 Å². The summed E-state index contributed by atoms with van der Waals surface area (Å²) in [6.45, 7) is 3.99. The number of nitrogens with zero attached hydrogens (tertiary/aromatic N) is 3. The molecule has 1 aliphatic heterocycles. The SMILES string of the molecule is O[C@@H]1CCN(CCCOc2nn(Cc3ccc(Cl)cc3)c3ccccc23)C1. The summed E-state index contributed by atoms with van der Waals surface area (Å²) in [6, 6.07) is 16.0. The van der Waals surface area contributed by atoms with Gasteiger partial charge in [0.2, 0.25) is 5.88 Å². The number of fused-ring (bicyclic) bond motifs is 1. The fourth-order valence-electron chi connectivity index (χ4n) is 3.56. The zero-order valence-corrected chi connectivity index (χ0v) is 16.0. The smallest absolute Gasteiger partial charge is 0.240 e. The number of aliphatic hydroxyl groups excluding tert-OH is 1. The van der Waals surface area contributed by atoms with E-state index in [1.165, 1.54) is 0 Å². The number of hydrogen-bond donors (Lipinski definition) is 1. The van der Waals surface area contributed by atoms with Gasteiger partial charge in [0, 0.05) is 24.7 Å². The lowest BCUT2D eigenvalue weighted by atomic mass is 10.2. The Kier molecular flexibility index (Phi) is 5.62. The van der Waals surface area contributed by atoms with Gasteiger partial charge in [0.25, 0.3) is 0 Å². The van der Waals surface area contributed by atoms with Gasteiger partial charge in [-0.25, -0.2) is 0 Å². The molecule has 1 saturated heterocycles. The number of likely N-dealkylation sites (tertiary alicyclic amines) is 1. The van der Waals surface area contributed by atoms with Gasteiger partial charge in [0.1, 0.15) is 0 Å². The van der Waals surface area contributed by atoms with Crippen molar-refractivity contribution in [2.45, 2.75) is 25.5 Å². The predicted octanol–water partition coefficient (Wildman–Crippen LogP) is 3.57. The molecular weight excluding hydrogens is 362 g/mol. The lowest BCUT2D eigenvalue weighted by Gasteiger charge is -2.14. The topological polar surface area (TPSA) is 50.5 Å². The molecule has 1 aromatic heterocycles. The van der Waals surface area contributed by atoms with E-state index in [1.807, 2.05) is 47.1 Å². The van der Waals surface area contributed by atoms with Crippen LogP contribution in [0.2, 0.25) is 5.02 Å². The summed E-state index contributed by atoms with van der Waals surface area (Å²) in [4.78, 5) is 2.28. The van der Waals surface area contributed by atoms with Gasteiger partial charge in [0.15, 0.2) is 0 Å². The molecule has 0 aliphatic carbocycles. The average molecular weight is 386 g/mol. The van der Waals surface area contributed by atoms with E-state index in [0.29, 0.717) is 19.0 Å². The van der Waals surface area contributed by atoms with Gasteiger partial charge in [-0.15, -0.1) is 5.10 Å². The second kappa shape index (κ2) is 8.30. The molecule has 142 valence electrons. The first-order valence-corrected chi connectivity index (χ1v) is 9.80. The molecule has 1 fully saturated rings. The average Bonchev–Trinajstić information content (AvgIpc) is 3.25. The van der Waals surface area contributed by atoms with E-state index in [9.17, 15) is 5.11 Å². The highest BCUT2D eigenvalue weighted by Crippen LogP contribution is 2.26. The van der Waals surface area contributed by atoms with E-state index in [2.05, 4.69) is 11.0 Å². The number of aromatic nitrogens is 2. The van der Waals surface area contributed by atoms with Crippen LogP contribution in [0.5, 0.6) is 5.88 Å². The van der Waals surface area contributed by atoms with E-state index in [4.69, 9.17) is 21.4 Å². The van der Waals surface area contributed by atoms with Gasteiger partial charge in [-0.2, -0.15) is 0 Å². The monoisotopic (exact) mass is 385 g/mol. The quantitative estimate of drug-likeness (QED) is 0.632. The minimum atomic E-state index is -0.168. The third-order valence-corrected chi connectivity index (χ3v) is 5.23. The standard InChI is InChI=1S/C21H24ClN3O2/c22-17-8-6-16(7-9-17)14-25-20-5-2-1-4-19(20)21(23-25)27-13-3-11-24-12-10-18(26)15-24/h1-2,4-9,18,26H,3,10-15H2/t18-/m1/s1. The highest BCUT2D eigenvalue weighted by atomic mass is 35.5. The minimum absolute atomic E-state index is 0.168. The van der Waals surface area contributed by atoms with E-state index in [1.54, 1.807) is 0 Å². The van der Waals surface area contributed by atoms with Crippen LogP contribution in [0.15, 0.2) is 48.5 Å². The molecule has 0 radical (unpaired) electrons. The molecular formula is C21H24ClN3O2. The van der Waals surface area contributed by atoms with Gasteiger partial charge >= 0.3 is 0 Å². The van der Waals surface area contributed by atoms with Crippen LogP contribution in [0.3, 0.4) is 0 Å². The third kappa shape index (κ3) is 4.43.